The molecule has 3 N–H and O–H groups in total. The van der Waals surface area contributed by atoms with E-state index in [4.69, 9.17) is 5.73 Å². The minimum atomic E-state index is -0.912. The maximum Gasteiger partial charge on any atom is 0.129 e. The molecule has 1 aromatic heterocycles. The Balaban J connectivity index is 3.19. The number of aryl methyl sites for hydroxylation is 1. The van der Waals surface area contributed by atoms with Gasteiger partial charge in [0.1, 0.15) is 5.82 Å². The van der Waals surface area contributed by atoms with Crippen molar-refractivity contribution in [3.63, 3.8) is 0 Å². The topological polar surface area (TPSA) is 59.1 Å². The highest BCUT2D eigenvalue weighted by Gasteiger charge is 2.19. The van der Waals surface area contributed by atoms with Gasteiger partial charge in [0, 0.05) is 11.3 Å². The minimum absolute atomic E-state index is 0.405. The summed E-state index contributed by atoms with van der Waals surface area (Å²) < 4.78 is 0. The van der Waals surface area contributed by atoms with Gasteiger partial charge >= 0.3 is 0 Å². The summed E-state index contributed by atoms with van der Waals surface area (Å²) in [6, 6.07) is 3.64. The van der Waals surface area contributed by atoms with E-state index in [2.05, 4.69) is 4.98 Å². The lowest BCUT2D eigenvalue weighted by molar-refractivity contribution is 0.0791. The number of hydrogen-bond acceptors (Lipinski definition) is 3. The van der Waals surface area contributed by atoms with Crippen molar-refractivity contribution in [2.45, 2.75) is 26.4 Å². The van der Waals surface area contributed by atoms with Crippen molar-refractivity contribution >= 4 is 5.82 Å². The largest absolute Gasteiger partial charge is 0.386 e. The summed E-state index contributed by atoms with van der Waals surface area (Å²) in [5, 5.41) is 9.64. The molecule has 0 saturated carbocycles. The fourth-order valence-corrected chi connectivity index (χ4v) is 1.09. The molecule has 0 spiro atoms. The lowest BCUT2D eigenvalue weighted by Gasteiger charge is -2.19. The second kappa shape index (κ2) is 2.75. The number of nitrogen functional groups attached to an aromatic ring is 1. The molecule has 0 saturated heterocycles. The van der Waals surface area contributed by atoms with Gasteiger partial charge in [0.25, 0.3) is 0 Å². The second-order valence-corrected chi connectivity index (χ2v) is 3.44. The first-order valence-electron chi connectivity index (χ1n) is 3.87. The molecule has 0 aliphatic heterocycles. The standard InChI is InChI=1S/C9H14N2O/c1-6-4-5-7(8(10)11-6)9(2,3)12/h4-5,12H,1-3H3,(H2,10,11). The van der Waals surface area contributed by atoms with Gasteiger partial charge in [-0.15, -0.1) is 0 Å². The first kappa shape index (κ1) is 9.00. The molecule has 0 bridgehead atoms. The second-order valence-electron chi connectivity index (χ2n) is 3.44. The van der Waals surface area contributed by atoms with E-state index in [0.717, 1.165) is 5.69 Å². The normalized spacial score (nSPS) is 11.7. The van der Waals surface area contributed by atoms with Crippen molar-refractivity contribution in [1.82, 2.24) is 4.98 Å². The number of rotatable bonds is 1. The van der Waals surface area contributed by atoms with Crippen LogP contribution in [-0.2, 0) is 5.60 Å². The van der Waals surface area contributed by atoms with Crippen LogP contribution in [-0.4, -0.2) is 10.1 Å². The molecule has 0 aromatic carbocycles. The molecular formula is C9H14N2O. The van der Waals surface area contributed by atoms with E-state index in [0.29, 0.717) is 11.4 Å². The van der Waals surface area contributed by atoms with Crippen LogP contribution in [0.15, 0.2) is 12.1 Å². The molecule has 12 heavy (non-hydrogen) atoms. The van der Waals surface area contributed by atoms with Gasteiger partial charge in [-0.2, -0.15) is 0 Å². The van der Waals surface area contributed by atoms with Gasteiger partial charge in [-0.25, -0.2) is 4.98 Å². The summed E-state index contributed by atoms with van der Waals surface area (Å²) in [6.07, 6.45) is 0. The number of pyridine rings is 1. The maximum atomic E-state index is 9.64. The van der Waals surface area contributed by atoms with Crippen molar-refractivity contribution in [3.8, 4) is 0 Å². The van der Waals surface area contributed by atoms with Gasteiger partial charge in [0.2, 0.25) is 0 Å². The van der Waals surface area contributed by atoms with E-state index < -0.39 is 5.60 Å². The van der Waals surface area contributed by atoms with Crippen molar-refractivity contribution in [3.05, 3.63) is 23.4 Å². The summed E-state index contributed by atoms with van der Waals surface area (Å²) in [7, 11) is 0. The summed E-state index contributed by atoms with van der Waals surface area (Å²) in [5.41, 5.74) is 6.26. The summed E-state index contributed by atoms with van der Waals surface area (Å²) >= 11 is 0. The molecule has 1 rings (SSSR count). The Hall–Kier alpha value is -1.09. The van der Waals surface area contributed by atoms with E-state index in [-0.39, 0.29) is 0 Å². The minimum Gasteiger partial charge on any atom is -0.386 e. The first-order chi connectivity index (χ1) is 5.41. The van der Waals surface area contributed by atoms with Gasteiger partial charge in [0.05, 0.1) is 5.60 Å². The van der Waals surface area contributed by atoms with E-state index in [9.17, 15) is 5.11 Å². The third-order valence-corrected chi connectivity index (χ3v) is 1.72. The Morgan fingerprint density at radius 2 is 2.00 bits per heavy atom. The van der Waals surface area contributed by atoms with Crippen LogP contribution in [0, 0.1) is 6.92 Å². The molecule has 66 valence electrons. The fraction of sp³-hybridized carbons (Fsp3) is 0.444. The third kappa shape index (κ3) is 1.74. The first-order valence-corrected chi connectivity index (χ1v) is 3.87. The van der Waals surface area contributed by atoms with Crippen molar-refractivity contribution in [2.24, 2.45) is 0 Å². The zero-order chi connectivity index (χ0) is 9.35. The molecular weight excluding hydrogens is 152 g/mol. The lowest BCUT2D eigenvalue weighted by atomic mass is 9.99. The highest BCUT2D eigenvalue weighted by molar-refractivity contribution is 5.43. The van der Waals surface area contributed by atoms with E-state index >= 15 is 0 Å². The number of aromatic nitrogens is 1. The molecule has 3 heteroatoms. The van der Waals surface area contributed by atoms with E-state index in [1.807, 2.05) is 13.0 Å². The van der Waals surface area contributed by atoms with Crippen LogP contribution < -0.4 is 5.73 Å². The average Bonchev–Trinajstić information content (AvgIpc) is 1.83. The highest BCUT2D eigenvalue weighted by Crippen LogP contribution is 2.23. The third-order valence-electron chi connectivity index (χ3n) is 1.72. The molecule has 0 unspecified atom stereocenters. The summed E-state index contributed by atoms with van der Waals surface area (Å²) in [5.74, 6) is 0.405. The number of nitrogens with two attached hydrogens (primary N) is 1. The fourth-order valence-electron chi connectivity index (χ4n) is 1.09. The van der Waals surface area contributed by atoms with Crippen LogP contribution in [0.1, 0.15) is 25.1 Å². The molecule has 0 aliphatic rings. The van der Waals surface area contributed by atoms with E-state index in [1.54, 1.807) is 19.9 Å². The Labute approximate surface area is 72.2 Å². The van der Waals surface area contributed by atoms with Crippen LogP contribution in [0.25, 0.3) is 0 Å². The van der Waals surface area contributed by atoms with Crippen LogP contribution in [0.5, 0.6) is 0 Å². The smallest absolute Gasteiger partial charge is 0.129 e. The van der Waals surface area contributed by atoms with Crippen LogP contribution >= 0.6 is 0 Å². The van der Waals surface area contributed by atoms with Gasteiger partial charge in [-0.05, 0) is 26.8 Å². The molecule has 0 atom stereocenters. The van der Waals surface area contributed by atoms with Crippen molar-refractivity contribution in [1.29, 1.82) is 0 Å². The van der Waals surface area contributed by atoms with Gasteiger partial charge in [-0.1, -0.05) is 6.07 Å². The Morgan fingerprint density at radius 3 is 2.42 bits per heavy atom. The maximum absolute atomic E-state index is 9.64. The molecule has 3 nitrogen and oxygen atoms in total. The van der Waals surface area contributed by atoms with Gasteiger partial charge < -0.3 is 10.8 Å². The molecule has 0 radical (unpaired) electrons. The quantitative estimate of drug-likeness (QED) is 0.659. The van der Waals surface area contributed by atoms with Crippen molar-refractivity contribution in [2.75, 3.05) is 5.73 Å². The monoisotopic (exact) mass is 166 g/mol. The number of aliphatic hydroxyl groups is 1. The Bertz CT molecular complexity index is 289. The molecule has 1 heterocycles. The van der Waals surface area contributed by atoms with Gasteiger partial charge in [0.15, 0.2) is 0 Å². The summed E-state index contributed by atoms with van der Waals surface area (Å²) in [6.45, 7) is 5.25. The predicted molar refractivity (Wildman–Crippen MR) is 48.6 cm³/mol. The van der Waals surface area contributed by atoms with Crippen molar-refractivity contribution < 1.29 is 5.11 Å². The van der Waals surface area contributed by atoms with Crippen LogP contribution in [0.2, 0.25) is 0 Å². The molecule has 1 aromatic rings. The lowest BCUT2D eigenvalue weighted by Crippen LogP contribution is -2.18. The molecule has 0 aliphatic carbocycles. The molecule has 0 amide bonds. The zero-order valence-corrected chi connectivity index (χ0v) is 7.63. The average molecular weight is 166 g/mol. The Morgan fingerprint density at radius 1 is 1.42 bits per heavy atom. The van der Waals surface area contributed by atoms with Crippen LogP contribution in [0.4, 0.5) is 5.82 Å². The number of nitrogens with zero attached hydrogens (tertiary/aromatic N) is 1. The zero-order valence-electron chi connectivity index (χ0n) is 7.63. The number of hydrogen-bond donors (Lipinski definition) is 2. The van der Waals surface area contributed by atoms with E-state index in [1.165, 1.54) is 0 Å². The predicted octanol–water partition coefficient (Wildman–Crippen LogP) is 1.20. The molecule has 0 fully saturated rings. The SMILES string of the molecule is Cc1ccc(C(C)(C)O)c(N)n1. The Kier molecular flexibility index (Phi) is 2.06. The summed E-state index contributed by atoms with van der Waals surface area (Å²) in [4.78, 5) is 4.06. The van der Waals surface area contributed by atoms with Crippen LogP contribution in [0.3, 0.4) is 0 Å². The van der Waals surface area contributed by atoms with Gasteiger partial charge in [-0.3, -0.25) is 0 Å². The number of anilines is 1. The highest BCUT2D eigenvalue weighted by atomic mass is 16.3.